The highest BCUT2D eigenvalue weighted by molar-refractivity contribution is 8.60. The number of hydrogen-bond acceptors (Lipinski definition) is 3. The fourth-order valence-electron chi connectivity index (χ4n) is 1.75. The van der Waals surface area contributed by atoms with Crippen LogP contribution in [0.2, 0.25) is 0 Å². The molecule has 0 N–H and O–H groups in total. The van der Waals surface area contributed by atoms with Crippen molar-refractivity contribution in [1.82, 2.24) is 0 Å². The predicted octanol–water partition coefficient (Wildman–Crippen LogP) is 5.83. The van der Waals surface area contributed by atoms with Crippen LogP contribution in [0.5, 0.6) is 0 Å². The van der Waals surface area contributed by atoms with E-state index in [1.165, 1.54) is 38.5 Å². The summed E-state index contributed by atoms with van der Waals surface area (Å²) in [6.07, 6.45) is 7.32. The highest BCUT2D eigenvalue weighted by Gasteiger charge is 2.16. The van der Waals surface area contributed by atoms with Gasteiger partial charge in [-0.05, 0) is 36.5 Å². The number of rotatable bonds is 12. The van der Waals surface area contributed by atoms with Gasteiger partial charge in [-0.25, -0.2) is 0 Å². The van der Waals surface area contributed by atoms with Gasteiger partial charge in [0, 0.05) is 0 Å². The molecule has 0 spiro atoms. The molecule has 2 nitrogen and oxygen atoms in total. The van der Waals surface area contributed by atoms with Gasteiger partial charge >= 0.3 is 0 Å². The van der Waals surface area contributed by atoms with Crippen LogP contribution in [-0.2, 0) is 20.9 Å². The van der Waals surface area contributed by atoms with Crippen molar-refractivity contribution in [3.63, 3.8) is 0 Å². The van der Waals surface area contributed by atoms with Crippen molar-refractivity contribution >= 4 is 29.7 Å². The molecule has 0 aliphatic rings. The summed E-state index contributed by atoms with van der Waals surface area (Å²) >= 11 is 9.74. The van der Waals surface area contributed by atoms with Crippen molar-refractivity contribution in [1.29, 1.82) is 0 Å². The summed E-state index contributed by atoms with van der Waals surface area (Å²) in [5.41, 5.74) is -2.34. The maximum Gasteiger partial charge on any atom is 0.244 e. The van der Waals surface area contributed by atoms with Gasteiger partial charge in [0.25, 0.3) is 0 Å². The Balaban J connectivity index is 3.81. The molecular weight excluding hydrogens is 295 g/mol. The van der Waals surface area contributed by atoms with Gasteiger partial charge in [-0.15, -0.1) is 0 Å². The van der Waals surface area contributed by atoms with Gasteiger partial charge in [-0.3, -0.25) is 0 Å². The van der Waals surface area contributed by atoms with Gasteiger partial charge in [0.05, 0.1) is 13.2 Å². The fraction of sp³-hybridized carbons (Fsp3) is 1.00. The largest absolute Gasteiger partial charge is 0.322 e. The summed E-state index contributed by atoms with van der Waals surface area (Å²) in [6, 6.07) is 0. The van der Waals surface area contributed by atoms with Crippen LogP contribution in [0, 0.1) is 11.8 Å². The van der Waals surface area contributed by atoms with E-state index < -0.39 is 5.69 Å². The summed E-state index contributed by atoms with van der Waals surface area (Å²) < 4.78 is 11.4. The third kappa shape index (κ3) is 12.4. The highest BCUT2D eigenvalue weighted by atomic mass is 32.9. The monoisotopic (exact) mass is 326 g/mol. The molecule has 0 bridgehead atoms. The summed E-state index contributed by atoms with van der Waals surface area (Å²) in [5.74, 6) is 1.08. The van der Waals surface area contributed by atoms with Crippen LogP contribution in [0.4, 0.5) is 0 Å². The van der Waals surface area contributed by atoms with E-state index in [1.807, 2.05) is 0 Å². The Hall–Kier alpha value is 0.920. The zero-order chi connectivity index (χ0) is 14.7. The van der Waals surface area contributed by atoms with Gasteiger partial charge in [0.15, 0.2) is 0 Å². The summed E-state index contributed by atoms with van der Waals surface area (Å²) in [5, 5.41) is 0. The molecule has 0 aliphatic heterocycles. The Morgan fingerprint density at radius 3 is 1.63 bits per heavy atom. The minimum Gasteiger partial charge on any atom is -0.322 e. The first kappa shape index (κ1) is 19.9. The minimum atomic E-state index is -2.34. The van der Waals surface area contributed by atoms with Gasteiger partial charge in [0.1, 0.15) is 0 Å². The molecule has 0 amide bonds. The molecule has 0 radical (unpaired) electrons. The Morgan fingerprint density at radius 1 is 0.947 bits per heavy atom. The van der Waals surface area contributed by atoms with Crippen molar-refractivity contribution in [3.05, 3.63) is 0 Å². The van der Waals surface area contributed by atoms with Crippen molar-refractivity contribution < 1.29 is 9.05 Å². The van der Waals surface area contributed by atoms with E-state index in [4.69, 9.17) is 20.9 Å². The first-order valence-electron chi connectivity index (χ1n) is 7.53. The standard InChI is InChI=1S/C14H31O2PS2/c1-5-7-9-13(3)11-15-17(18,19)16-12-14(4)10-8-6-2/h13-14H,5-12H2,1-4H3,(H,18,19). The smallest absolute Gasteiger partial charge is 0.244 e. The molecule has 0 rings (SSSR count). The molecule has 2 atom stereocenters. The molecule has 2 unspecified atom stereocenters. The quantitative estimate of drug-likeness (QED) is 0.360. The lowest BCUT2D eigenvalue weighted by Gasteiger charge is -2.21. The van der Waals surface area contributed by atoms with Crippen molar-refractivity contribution in [2.24, 2.45) is 11.8 Å². The first-order valence-corrected chi connectivity index (χ1v) is 11.3. The molecule has 0 aromatic rings. The summed E-state index contributed by atoms with van der Waals surface area (Å²) in [6.45, 7) is 10.1. The lowest BCUT2D eigenvalue weighted by molar-refractivity contribution is 0.202. The normalized spacial score (nSPS) is 17.9. The van der Waals surface area contributed by atoms with E-state index >= 15 is 0 Å². The average molecular weight is 327 g/mol. The zero-order valence-electron chi connectivity index (χ0n) is 12.9. The van der Waals surface area contributed by atoms with E-state index in [9.17, 15) is 0 Å². The lowest BCUT2D eigenvalue weighted by atomic mass is 10.1. The van der Waals surface area contributed by atoms with Crippen molar-refractivity contribution in [2.75, 3.05) is 13.2 Å². The molecule has 0 heterocycles. The Bertz CT molecular complexity index is 240. The second-order valence-corrected chi connectivity index (χ2v) is 10.8. The highest BCUT2D eigenvalue weighted by Crippen LogP contribution is 2.54. The second kappa shape index (κ2) is 11.6. The van der Waals surface area contributed by atoms with Crippen LogP contribution in [-0.4, -0.2) is 13.2 Å². The average Bonchev–Trinajstić information content (AvgIpc) is 2.38. The molecule has 116 valence electrons. The molecule has 0 aromatic heterocycles. The third-order valence-corrected chi connectivity index (χ3v) is 5.42. The Labute approximate surface area is 130 Å². The van der Waals surface area contributed by atoms with Crippen LogP contribution in [0.3, 0.4) is 0 Å². The van der Waals surface area contributed by atoms with Crippen LogP contribution in [0.1, 0.15) is 66.2 Å². The molecule has 0 saturated carbocycles. The molecule has 0 fully saturated rings. The molecule has 0 saturated heterocycles. The number of hydrogen-bond donors (Lipinski definition) is 1. The fourth-order valence-corrected chi connectivity index (χ4v) is 3.48. The van der Waals surface area contributed by atoms with E-state index in [0.717, 1.165) is 0 Å². The predicted molar refractivity (Wildman–Crippen MR) is 92.6 cm³/mol. The van der Waals surface area contributed by atoms with Crippen LogP contribution < -0.4 is 0 Å². The van der Waals surface area contributed by atoms with Crippen LogP contribution >= 0.6 is 17.9 Å². The Kier molecular flexibility index (Phi) is 12.1. The molecule has 5 heteroatoms. The molecule has 0 aliphatic carbocycles. The van der Waals surface area contributed by atoms with Crippen molar-refractivity contribution in [2.45, 2.75) is 66.2 Å². The maximum atomic E-state index is 5.71. The minimum absolute atomic E-state index is 0.538. The first-order chi connectivity index (χ1) is 8.91. The SMILES string of the molecule is CCCCC(C)COP(=S)(S)OCC(C)CCCC. The molecular formula is C14H31O2PS2. The van der Waals surface area contributed by atoms with Crippen LogP contribution in [0.25, 0.3) is 0 Å². The van der Waals surface area contributed by atoms with Crippen molar-refractivity contribution in [3.8, 4) is 0 Å². The van der Waals surface area contributed by atoms with Crippen LogP contribution in [0.15, 0.2) is 0 Å². The van der Waals surface area contributed by atoms with Gasteiger partial charge in [0.2, 0.25) is 5.69 Å². The van der Waals surface area contributed by atoms with E-state index in [1.54, 1.807) is 0 Å². The molecule has 19 heavy (non-hydrogen) atoms. The van der Waals surface area contributed by atoms with Gasteiger partial charge < -0.3 is 9.05 Å². The van der Waals surface area contributed by atoms with Gasteiger partial charge in [-0.1, -0.05) is 65.6 Å². The lowest BCUT2D eigenvalue weighted by Crippen LogP contribution is -2.07. The van der Waals surface area contributed by atoms with E-state index in [-0.39, 0.29) is 0 Å². The van der Waals surface area contributed by atoms with E-state index in [0.29, 0.717) is 25.0 Å². The topological polar surface area (TPSA) is 18.5 Å². The van der Waals surface area contributed by atoms with Gasteiger partial charge in [-0.2, -0.15) is 0 Å². The Morgan fingerprint density at radius 2 is 1.32 bits per heavy atom. The maximum absolute atomic E-state index is 5.71. The zero-order valence-corrected chi connectivity index (χ0v) is 15.5. The third-order valence-electron chi connectivity index (χ3n) is 3.15. The number of thiol groups is 1. The summed E-state index contributed by atoms with van der Waals surface area (Å²) in [7, 11) is 0. The molecule has 0 aromatic carbocycles. The number of unbranched alkanes of at least 4 members (excludes halogenated alkanes) is 2. The van der Waals surface area contributed by atoms with E-state index in [2.05, 4.69) is 39.9 Å². The summed E-state index contributed by atoms with van der Waals surface area (Å²) in [4.78, 5) is 0. The second-order valence-electron chi connectivity index (χ2n) is 5.55.